The van der Waals surface area contributed by atoms with Crippen molar-refractivity contribution in [3.63, 3.8) is 0 Å². The number of nitrogens with one attached hydrogen (secondary N) is 1. The third kappa shape index (κ3) is 7.98. The number of benzene rings is 2. The number of likely N-dealkylation sites (tertiary alicyclic amines) is 1. The van der Waals surface area contributed by atoms with Crippen LogP contribution in [0.4, 0.5) is 29.3 Å². The molecule has 0 saturated carbocycles. The Hall–Kier alpha value is -3.07. The number of carbonyl (C=O) groups excluding carboxylic acids is 2. The Balaban J connectivity index is 1.78. The van der Waals surface area contributed by atoms with Gasteiger partial charge in [0.25, 0.3) is 0 Å². The van der Waals surface area contributed by atoms with Gasteiger partial charge in [0.1, 0.15) is 5.60 Å². The first kappa shape index (κ1) is 27.5. The van der Waals surface area contributed by atoms with Crippen LogP contribution < -0.4 is 10.2 Å². The lowest BCUT2D eigenvalue weighted by molar-refractivity contribution is -0.137. The van der Waals surface area contributed by atoms with Crippen molar-refractivity contribution in [1.29, 1.82) is 0 Å². The molecule has 1 heterocycles. The van der Waals surface area contributed by atoms with Crippen LogP contribution in [0.5, 0.6) is 0 Å². The third-order valence-corrected chi connectivity index (χ3v) is 5.85. The van der Waals surface area contributed by atoms with E-state index in [0.29, 0.717) is 23.5 Å². The van der Waals surface area contributed by atoms with Gasteiger partial charge in [-0.2, -0.15) is 13.2 Å². The number of aryl methyl sites for hydroxylation is 1. The zero-order valence-electron chi connectivity index (χ0n) is 21.2. The molecule has 9 heteroatoms. The van der Waals surface area contributed by atoms with Crippen LogP contribution in [-0.4, -0.2) is 42.1 Å². The van der Waals surface area contributed by atoms with E-state index in [1.165, 1.54) is 23.5 Å². The van der Waals surface area contributed by atoms with Crippen molar-refractivity contribution in [3.05, 3.63) is 59.2 Å². The zero-order valence-corrected chi connectivity index (χ0v) is 21.2. The van der Waals surface area contributed by atoms with Crippen molar-refractivity contribution in [3.8, 4) is 0 Å². The van der Waals surface area contributed by atoms with E-state index in [1.807, 2.05) is 6.92 Å². The Morgan fingerprint density at radius 1 is 1.00 bits per heavy atom. The molecule has 0 spiro atoms. The monoisotopic (exact) mass is 505 g/mol. The first-order valence-electron chi connectivity index (χ1n) is 12.1. The maximum atomic E-state index is 13.0. The van der Waals surface area contributed by atoms with Crippen molar-refractivity contribution in [2.45, 2.75) is 65.3 Å². The van der Waals surface area contributed by atoms with E-state index >= 15 is 0 Å². The van der Waals surface area contributed by atoms with E-state index in [2.05, 4.69) is 10.2 Å². The van der Waals surface area contributed by atoms with Gasteiger partial charge in [0, 0.05) is 11.4 Å². The average molecular weight is 506 g/mol. The Bertz CT molecular complexity index is 1060. The summed E-state index contributed by atoms with van der Waals surface area (Å²) in [7, 11) is 0. The number of hydrogen-bond donors (Lipinski definition) is 1. The predicted octanol–water partition coefficient (Wildman–Crippen LogP) is 6.38. The average Bonchev–Trinajstić information content (AvgIpc) is 2.78. The molecule has 1 saturated heterocycles. The molecule has 3 rings (SSSR count). The molecule has 36 heavy (non-hydrogen) atoms. The van der Waals surface area contributed by atoms with E-state index in [9.17, 15) is 22.8 Å². The van der Waals surface area contributed by atoms with Crippen LogP contribution in [0.15, 0.2) is 42.5 Å². The van der Waals surface area contributed by atoms with Crippen LogP contribution in [0.3, 0.4) is 0 Å². The number of carbonyl (C=O) groups is 2. The van der Waals surface area contributed by atoms with Crippen LogP contribution >= 0.6 is 0 Å². The Kier molecular flexibility index (Phi) is 8.66. The van der Waals surface area contributed by atoms with E-state index in [0.717, 1.165) is 43.6 Å². The molecule has 2 aromatic carbocycles. The maximum Gasteiger partial charge on any atom is 0.416 e. The van der Waals surface area contributed by atoms with Crippen LogP contribution in [0.25, 0.3) is 0 Å². The minimum Gasteiger partial charge on any atom is -0.443 e. The normalized spacial score (nSPS) is 14.9. The maximum absolute atomic E-state index is 13.0. The van der Waals surface area contributed by atoms with Gasteiger partial charge in [-0.05, 0) is 95.1 Å². The number of amides is 2. The summed E-state index contributed by atoms with van der Waals surface area (Å²) in [6.45, 7) is 9.24. The largest absolute Gasteiger partial charge is 0.443 e. The zero-order chi connectivity index (χ0) is 26.5. The van der Waals surface area contributed by atoms with Crippen LogP contribution in [0.1, 0.15) is 56.7 Å². The molecular weight excluding hydrogens is 471 g/mol. The summed E-state index contributed by atoms with van der Waals surface area (Å²) in [5.41, 5.74) is 0.906. The van der Waals surface area contributed by atoms with Gasteiger partial charge in [0.05, 0.1) is 18.7 Å². The van der Waals surface area contributed by atoms with Gasteiger partial charge >= 0.3 is 12.3 Å². The molecule has 6 nitrogen and oxygen atoms in total. The molecule has 1 N–H and O–H groups in total. The number of alkyl halides is 3. The van der Waals surface area contributed by atoms with Gasteiger partial charge in [0.2, 0.25) is 5.91 Å². The van der Waals surface area contributed by atoms with E-state index in [1.54, 1.807) is 39.0 Å². The molecule has 0 atom stereocenters. The third-order valence-electron chi connectivity index (χ3n) is 5.85. The van der Waals surface area contributed by atoms with Crippen molar-refractivity contribution in [1.82, 2.24) is 4.90 Å². The van der Waals surface area contributed by atoms with Gasteiger partial charge in [0.15, 0.2) is 0 Å². The molecular formula is C27H34F3N3O3. The summed E-state index contributed by atoms with van der Waals surface area (Å²) in [4.78, 5) is 29.1. The molecule has 0 aromatic heterocycles. The second-order valence-corrected chi connectivity index (χ2v) is 10.1. The van der Waals surface area contributed by atoms with E-state index in [-0.39, 0.29) is 12.5 Å². The van der Waals surface area contributed by atoms with Crippen LogP contribution in [0, 0.1) is 6.92 Å². The fourth-order valence-corrected chi connectivity index (χ4v) is 4.03. The molecule has 1 fully saturated rings. The molecule has 0 unspecified atom stereocenters. The lowest BCUT2D eigenvalue weighted by Crippen LogP contribution is -2.37. The Labute approximate surface area is 210 Å². The van der Waals surface area contributed by atoms with Crippen LogP contribution in [-0.2, 0) is 22.3 Å². The molecule has 1 aliphatic heterocycles. The van der Waals surface area contributed by atoms with Crippen molar-refractivity contribution < 1.29 is 27.5 Å². The highest BCUT2D eigenvalue weighted by Gasteiger charge is 2.30. The number of anilines is 2. The topological polar surface area (TPSA) is 61.9 Å². The minimum atomic E-state index is -4.44. The van der Waals surface area contributed by atoms with E-state index in [4.69, 9.17) is 4.74 Å². The number of hydrogen-bond acceptors (Lipinski definition) is 4. The van der Waals surface area contributed by atoms with Crippen molar-refractivity contribution >= 4 is 23.4 Å². The second-order valence-electron chi connectivity index (χ2n) is 10.1. The lowest BCUT2D eigenvalue weighted by atomic mass is 10.1. The summed E-state index contributed by atoms with van der Waals surface area (Å²) in [5.74, 6) is -0.0958. The lowest BCUT2D eigenvalue weighted by Gasteiger charge is -2.28. The summed E-state index contributed by atoms with van der Waals surface area (Å²) in [6, 6.07) is 9.86. The predicted molar refractivity (Wildman–Crippen MR) is 134 cm³/mol. The molecule has 0 bridgehead atoms. The summed E-state index contributed by atoms with van der Waals surface area (Å²) >= 11 is 0. The Morgan fingerprint density at radius 2 is 1.64 bits per heavy atom. The first-order valence-corrected chi connectivity index (χ1v) is 12.1. The van der Waals surface area contributed by atoms with Gasteiger partial charge in [-0.1, -0.05) is 18.6 Å². The number of nitrogens with zero attached hydrogens (tertiary/aromatic N) is 2. The molecule has 1 aliphatic rings. The molecule has 196 valence electrons. The van der Waals surface area contributed by atoms with Gasteiger partial charge in [-0.15, -0.1) is 0 Å². The first-order chi connectivity index (χ1) is 16.8. The fraction of sp³-hybridized carbons (Fsp3) is 0.481. The quantitative estimate of drug-likeness (QED) is 0.495. The smallest absolute Gasteiger partial charge is 0.416 e. The number of ether oxygens (including phenoxy) is 1. The highest BCUT2D eigenvalue weighted by molar-refractivity contribution is 5.94. The SMILES string of the molecule is Cc1cc(N(Cc2ccc(C(F)(F)F)cc2)C(=O)OC(C)(C)C)ccc1NC(=O)CN1CCCCC1. The van der Waals surface area contributed by atoms with Gasteiger partial charge < -0.3 is 10.1 Å². The molecule has 2 aromatic rings. The summed E-state index contributed by atoms with van der Waals surface area (Å²) < 4.78 is 44.4. The second kappa shape index (κ2) is 11.3. The number of rotatable bonds is 6. The summed E-state index contributed by atoms with van der Waals surface area (Å²) in [6.07, 6.45) is -1.67. The van der Waals surface area contributed by atoms with Gasteiger partial charge in [-0.25, -0.2) is 4.79 Å². The summed E-state index contributed by atoms with van der Waals surface area (Å²) in [5, 5.41) is 2.94. The van der Waals surface area contributed by atoms with Crippen molar-refractivity contribution in [2.75, 3.05) is 29.9 Å². The van der Waals surface area contributed by atoms with E-state index < -0.39 is 23.4 Å². The number of halogens is 3. The van der Waals surface area contributed by atoms with Gasteiger partial charge in [-0.3, -0.25) is 14.6 Å². The molecule has 2 amide bonds. The van der Waals surface area contributed by atoms with Crippen LogP contribution in [0.2, 0.25) is 0 Å². The molecule has 0 radical (unpaired) electrons. The van der Waals surface area contributed by atoms with Crippen molar-refractivity contribution in [2.24, 2.45) is 0 Å². The minimum absolute atomic E-state index is 0.0210. The number of piperidine rings is 1. The fourth-order valence-electron chi connectivity index (χ4n) is 4.03. The highest BCUT2D eigenvalue weighted by Crippen LogP contribution is 2.30. The Morgan fingerprint density at radius 3 is 2.19 bits per heavy atom. The highest BCUT2D eigenvalue weighted by atomic mass is 19.4. The standard InChI is InChI=1S/C27H34F3N3O3/c1-19-16-22(12-13-23(19)31-24(34)18-32-14-6-5-7-15-32)33(25(35)36-26(2,3)4)17-20-8-10-21(11-9-20)27(28,29)30/h8-13,16H,5-7,14-15,17-18H2,1-4H3,(H,31,34). The molecule has 0 aliphatic carbocycles.